The predicted molar refractivity (Wildman–Crippen MR) is 70.1 cm³/mol. The van der Waals surface area contributed by atoms with Crippen LogP contribution in [0.15, 0.2) is 36.4 Å². The monoisotopic (exact) mass is 287 g/mol. The first-order valence-electron chi connectivity index (χ1n) is 5.19. The Bertz CT molecular complexity index is 573. The van der Waals surface area contributed by atoms with Crippen molar-refractivity contribution < 1.29 is 8.78 Å². The van der Waals surface area contributed by atoms with Crippen LogP contribution in [-0.4, -0.2) is 0 Å². The van der Waals surface area contributed by atoms with Gasteiger partial charge in [-0.2, -0.15) is 0 Å². The van der Waals surface area contributed by atoms with Gasteiger partial charge in [-0.1, -0.05) is 23.2 Å². The maximum atomic E-state index is 13.2. The molecular weight excluding hydrogens is 279 g/mol. The van der Waals surface area contributed by atoms with Gasteiger partial charge in [-0.15, -0.1) is 0 Å². The lowest BCUT2D eigenvalue weighted by Crippen LogP contribution is -2.01. The van der Waals surface area contributed by atoms with Gasteiger partial charge in [0.2, 0.25) is 0 Å². The number of hydrogen-bond donors (Lipinski definition) is 1. The van der Waals surface area contributed by atoms with Crippen LogP contribution in [0.1, 0.15) is 5.56 Å². The lowest BCUT2D eigenvalue weighted by molar-refractivity contribution is 0.625. The zero-order valence-corrected chi connectivity index (χ0v) is 10.7. The molecule has 0 saturated heterocycles. The Morgan fingerprint density at radius 2 is 1.67 bits per heavy atom. The molecule has 0 unspecified atom stereocenters. The predicted octanol–water partition coefficient (Wildman–Crippen LogP) is 4.88. The molecule has 0 radical (unpaired) electrons. The molecule has 2 aromatic rings. The molecule has 0 aliphatic carbocycles. The van der Waals surface area contributed by atoms with E-state index in [1.807, 2.05) is 0 Å². The van der Waals surface area contributed by atoms with Crippen LogP contribution in [0.5, 0.6) is 0 Å². The van der Waals surface area contributed by atoms with Crippen molar-refractivity contribution in [3.8, 4) is 0 Å². The fraction of sp³-hybridized carbons (Fsp3) is 0.0769. The topological polar surface area (TPSA) is 12.0 Å². The van der Waals surface area contributed by atoms with Crippen molar-refractivity contribution in [3.63, 3.8) is 0 Å². The number of anilines is 1. The molecule has 0 heterocycles. The third kappa shape index (κ3) is 3.12. The Kier molecular flexibility index (Phi) is 4.04. The summed E-state index contributed by atoms with van der Waals surface area (Å²) in [5, 5.41) is 3.46. The number of halogens is 4. The van der Waals surface area contributed by atoms with Crippen LogP contribution in [0.4, 0.5) is 14.5 Å². The SMILES string of the molecule is Fc1ccc(Cl)c(CNc2ccc(Cl)c(F)c2)c1. The van der Waals surface area contributed by atoms with Crippen LogP contribution in [0.25, 0.3) is 0 Å². The summed E-state index contributed by atoms with van der Waals surface area (Å²) in [6.45, 7) is 0.303. The van der Waals surface area contributed by atoms with E-state index < -0.39 is 5.82 Å². The van der Waals surface area contributed by atoms with E-state index in [1.165, 1.54) is 30.3 Å². The fourth-order valence-corrected chi connectivity index (χ4v) is 1.78. The Labute approximate surface area is 113 Å². The molecule has 0 atom stereocenters. The van der Waals surface area contributed by atoms with Gasteiger partial charge in [-0.3, -0.25) is 0 Å². The number of benzene rings is 2. The first kappa shape index (κ1) is 13.1. The third-order valence-corrected chi connectivity index (χ3v) is 3.09. The lowest BCUT2D eigenvalue weighted by atomic mass is 10.2. The van der Waals surface area contributed by atoms with Crippen LogP contribution in [-0.2, 0) is 6.54 Å². The molecular formula is C13H9Cl2F2N. The number of rotatable bonds is 3. The minimum absolute atomic E-state index is 0.0596. The van der Waals surface area contributed by atoms with Crippen molar-refractivity contribution in [3.05, 3.63) is 63.6 Å². The van der Waals surface area contributed by atoms with Crippen molar-refractivity contribution in [1.82, 2.24) is 0 Å². The third-order valence-electron chi connectivity index (χ3n) is 2.41. The van der Waals surface area contributed by atoms with E-state index in [1.54, 1.807) is 6.07 Å². The highest BCUT2D eigenvalue weighted by molar-refractivity contribution is 6.31. The van der Waals surface area contributed by atoms with E-state index in [0.29, 0.717) is 22.8 Å². The van der Waals surface area contributed by atoms with Gasteiger partial charge in [-0.25, -0.2) is 8.78 Å². The van der Waals surface area contributed by atoms with Crippen molar-refractivity contribution in [1.29, 1.82) is 0 Å². The smallest absolute Gasteiger partial charge is 0.143 e. The molecule has 0 aliphatic rings. The first-order chi connectivity index (χ1) is 8.56. The summed E-state index contributed by atoms with van der Waals surface area (Å²) in [7, 11) is 0. The quantitative estimate of drug-likeness (QED) is 0.848. The van der Waals surface area contributed by atoms with Crippen molar-refractivity contribution >= 4 is 28.9 Å². The highest BCUT2D eigenvalue weighted by Gasteiger charge is 2.04. The molecule has 94 valence electrons. The molecule has 0 spiro atoms. The van der Waals surface area contributed by atoms with Crippen molar-refractivity contribution in [2.45, 2.75) is 6.54 Å². The Hall–Kier alpha value is -1.32. The van der Waals surface area contributed by atoms with Gasteiger partial charge < -0.3 is 5.32 Å². The summed E-state index contributed by atoms with van der Waals surface area (Å²) < 4.78 is 26.2. The summed E-state index contributed by atoms with van der Waals surface area (Å²) in [6, 6.07) is 8.46. The highest BCUT2D eigenvalue weighted by Crippen LogP contribution is 2.21. The van der Waals surface area contributed by atoms with Gasteiger partial charge >= 0.3 is 0 Å². The molecule has 1 nitrogen and oxygen atoms in total. The molecule has 18 heavy (non-hydrogen) atoms. The van der Waals surface area contributed by atoms with E-state index in [2.05, 4.69) is 5.32 Å². The Balaban J connectivity index is 2.11. The standard InChI is InChI=1S/C13H9Cl2F2N/c14-11-3-1-9(16)5-8(11)7-18-10-2-4-12(15)13(17)6-10/h1-6,18H,7H2. The maximum Gasteiger partial charge on any atom is 0.143 e. The molecule has 0 aliphatic heterocycles. The van der Waals surface area contributed by atoms with E-state index in [9.17, 15) is 8.78 Å². The second kappa shape index (κ2) is 5.55. The summed E-state index contributed by atoms with van der Waals surface area (Å²) in [4.78, 5) is 0. The molecule has 0 saturated carbocycles. The largest absolute Gasteiger partial charge is 0.381 e. The minimum Gasteiger partial charge on any atom is -0.381 e. The van der Waals surface area contributed by atoms with Crippen LogP contribution in [0.2, 0.25) is 10.0 Å². The molecule has 5 heteroatoms. The molecule has 0 bridgehead atoms. The van der Waals surface area contributed by atoms with E-state index >= 15 is 0 Å². The van der Waals surface area contributed by atoms with Gasteiger partial charge in [0, 0.05) is 17.3 Å². The Morgan fingerprint density at radius 1 is 0.944 bits per heavy atom. The summed E-state index contributed by atoms with van der Waals surface area (Å²) in [5.41, 5.74) is 1.16. The number of hydrogen-bond acceptors (Lipinski definition) is 1. The van der Waals surface area contributed by atoms with Gasteiger partial charge in [0.15, 0.2) is 0 Å². The van der Waals surface area contributed by atoms with E-state index in [0.717, 1.165) is 0 Å². The summed E-state index contributed by atoms with van der Waals surface area (Å²) in [5.74, 6) is -0.870. The minimum atomic E-state index is -0.507. The normalized spacial score (nSPS) is 10.4. The Morgan fingerprint density at radius 3 is 2.39 bits per heavy atom. The second-order valence-corrected chi connectivity index (χ2v) is 4.53. The van der Waals surface area contributed by atoms with Gasteiger partial charge in [0.25, 0.3) is 0 Å². The van der Waals surface area contributed by atoms with E-state index in [4.69, 9.17) is 23.2 Å². The average Bonchev–Trinajstić information content (AvgIpc) is 2.34. The number of nitrogens with one attached hydrogen (secondary N) is 1. The molecule has 0 aromatic heterocycles. The van der Waals surface area contributed by atoms with E-state index in [-0.39, 0.29) is 10.8 Å². The summed E-state index contributed by atoms with van der Waals surface area (Å²) >= 11 is 11.5. The second-order valence-electron chi connectivity index (χ2n) is 3.72. The summed E-state index contributed by atoms with van der Waals surface area (Å²) in [6.07, 6.45) is 0. The zero-order valence-electron chi connectivity index (χ0n) is 9.18. The van der Waals surface area contributed by atoms with Crippen LogP contribution in [0, 0.1) is 11.6 Å². The van der Waals surface area contributed by atoms with Crippen molar-refractivity contribution in [2.24, 2.45) is 0 Å². The van der Waals surface area contributed by atoms with Crippen LogP contribution < -0.4 is 5.32 Å². The van der Waals surface area contributed by atoms with Gasteiger partial charge in [0.05, 0.1) is 5.02 Å². The van der Waals surface area contributed by atoms with Gasteiger partial charge in [0.1, 0.15) is 11.6 Å². The average molecular weight is 288 g/mol. The highest BCUT2D eigenvalue weighted by atomic mass is 35.5. The lowest BCUT2D eigenvalue weighted by Gasteiger charge is -2.08. The molecule has 2 aromatic carbocycles. The molecule has 0 amide bonds. The van der Waals surface area contributed by atoms with Crippen molar-refractivity contribution in [2.75, 3.05) is 5.32 Å². The van der Waals surface area contributed by atoms with Crippen LogP contribution in [0.3, 0.4) is 0 Å². The van der Waals surface area contributed by atoms with Crippen LogP contribution >= 0.6 is 23.2 Å². The fourth-order valence-electron chi connectivity index (χ4n) is 1.48. The molecule has 1 N–H and O–H groups in total. The molecule has 0 fully saturated rings. The maximum absolute atomic E-state index is 13.2. The zero-order chi connectivity index (χ0) is 13.1. The molecule has 2 rings (SSSR count). The van der Waals surface area contributed by atoms with Gasteiger partial charge in [-0.05, 0) is 42.0 Å². The first-order valence-corrected chi connectivity index (χ1v) is 5.95.